The molecule has 0 heterocycles. The number of nitrogens with two attached hydrogens (primary N) is 1. The fourth-order valence-electron chi connectivity index (χ4n) is 2.02. The second kappa shape index (κ2) is 6.36. The Balaban J connectivity index is 2.17. The van der Waals surface area contributed by atoms with Crippen molar-refractivity contribution in [2.75, 3.05) is 6.54 Å². The maximum atomic E-state index is 9.01. The van der Waals surface area contributed by atoms with Gasteiger partial charge >= 0.3 is 0 Å². The standard InChI is InChI=1S/C16H19NO2/c1-12-4-2-3-5-15(12)16(10-17)19-14-8-6-13(11-18)7-9-14/h2-9,16,18H,10-11,17H2,1H3. The van der Waals surface area contributed by atoms with Crippen molar-refractivity contribution < 1.29 is 9.84 Å². The van der Waals surface area contributed by atoms with Crippen molar-refractivity contribution in [2.24, 2.45) is 5.73 Å². The summed E-state index contributed by atoms with van der Waals surface area (Å²) < 4.78 is 5.92. The van der Waals surface area contributed by atoms with E-state index in [-0.39, 0.29) is 12.7 Å². The van der Waals surface area contributed by atoms with Crippen LogP contribution in [-0.2, 0) is 6.61 Å². The molecule has 0 aliphatic carbocycles. The predicted molar refractivity (Wildman–Crippen MR) is 76.0 cm³/mol. The maximum Gasteiger partial charge on any atom is 0.136 e. The Morgan fingerprint density at radius 2 is 1.79 bits per heavy atom. The van der Waals surface area contributed by atoms with Crippen LogP contribution in [0.2, 0.25) is 0 Å². The van der Waals surface area contributed by atoms with Crippen LogP contribution in [0.5, 0.6) is 5.75 Å². The van der Waals surface area contributed by atoms with E-state index in [2.05, 4.69) is 13.0 Å². The van der Waals surface area contributed by atoms with Crippen LogP contribution in [-0.4, -0.2) is 11.7 Å². The van der Waals surface area contributed by atoms with Gasteiger partial charge < -0.3 is 15.6 Å². The van der Waals surface area contributed by atoms with Gasteiger partial charge in [-0.15, -0.1) is 0 Å². The van der Waals surface area contributed by atoms with Gasteiger partial charge in [-0.05, 0) is 35.7 Å². The van der Waals surface area contributed by atoms with Crippen LogP contribution in [0.3, 0.4) is 0 Å². The van der Waals surface area contributed by atoms with Crippen LogP contribution in [0.25, 0.3) is 0 Å². The van der Waals surface area contributed by atoms with Crippen molar-refractivity contribution >= 4 is 0 Å². The molecule has 0 aromatic heterocycles. The fraction of sp³-hybridized carbons (Fsp3) is 0.250. The Labute approximate surface area is 113 Å². The van der Waals surface area contributed by atoms with Crippen molar-refractivity contribution in [3.8, 4) is 5.75 Å². The highest BCUT2D eigenvalue weighted by atomic mass is 16.5. The molecule has 0 amide bonds. The van der Waals surface area contributed by atoms with Crippen molar-refractivity contribution in [1.29, 1.82) is 0 Å². The molecule has 2 aromatic carbocycles. The minimum Gasteiger partial charge on any atom is -0.484 e. The zero-order valence-electron chi connectivity index (χ0n) is 11.0. The average Bonchev–Trinajstić information content (AvgIpc) is 2.46. The molecule has 0 fully saturated rings. The molecule has 1 unspecified atom stereocenters. The van der Waals surface area contributed by atoms with Crippen LogP contribution in [0.4, 0.5) is 0 Å². The highest BCUT2D eigenvalue weighted by molar-refractivity contribution is 5.31. The van der Waals surface area contributed by atoms with E-state index >= 15 is 0 Å². The first-order chi connectivity index (χ1) is 9.24. The molecule has 2 aromatic rings. The Bertz CT molecular complexity index is 523. The summed E-state index contributed by atoms with van der Waals surface area (Å²) in [6.07, 6.45) is -0.152. The van der Waals surface area contributed by atoms with Gasteiger partial charge in [0.25, 0.3) is 0 Å². The lowest BCUT2D eigenvalue weighted by Crippen LogP contribution is -2.19. The van der Waals surface area contributed by atoms with E-state index in [9.17, 15) is 0 Å². The third-order valence-corrected chi connectivity index (χ3v) is 3.13. The van der Waals surface area contributed by atoms with Gasteiger partial charge in [0.1, 0.15) is 11.9 Å². The average molecular weight is 257 g/mol. The van der Waals surface area contributed by atoms with Gasteiger partial charge in [-0.1, -0.05) is 36.4 Å². The number of hydrogen-bond donors (Lipinski definition) is 2. The van der Waals surface area contributed by atoms with E-state index in [0.29, 0.717) is 6.54 Å². The predicted octanol–water partition coefficient (Wildman–Crippen LogP) is 2.57. The smallest absolute Gasteiger partial charge is 0.136 e. The molecule has 3 N–H and O–H groups in total. The summed E-state index contributed by atoms with van der Waals surface area (Å²) in [5.41, 5.74) is 8.96. The number of ether oxygens (including phenoxy) is 1. The second-order valence-electron chi connectivity index (χ2n) is 4.50. The molecule has 100 valence electrons. The molecule has 0 aliphatic rings. The molecule has 0 saturated heterocycles. The molecule has 3 nitrogen and oxygen atoms in total. The molecule has 2 rings (SSSR count). The lowest BCUT2D eigenvalue weighted by molar-refractivity contribution is 0.213. The van der Waals surface area contributed by atoms with E-state index in [0.717, 1.165) is 16.9 Å². The normalized spacial score (nSPS) is 12.2. The molecule has 3 heteroatoms. The number of benzene rings is 2. The topological polar surface area (TPSA) is 55.5 Å². The fourth-order valence-corrected chi connectivity index (χ4v) is 2.02. The van der Waals surface area contributed by atoms with Gasteiger partial charge in [0.05, 0.1) is 6.61 Å². The Kier molecular flexibility index (Phi) is 4.55. The molecule has 0 bridgehead atoms. The SMILES string of the molecule is Cc1ccccc1C(CN)Oc1ccc(CO)cc1. The summed E-state index contributed by atoms with van der Waals surface area (Å²) in [6, 6.07) is 15.5. The summed E-state index contributed by atoms with van der Waals surface area (Å²) in [4.78, 5) is 0. The summed E-state index contributed by atoms with van der Waals surface area (Å²) in [5, 5.41) is 9.01. The van der Waals surface area contributed by atoms with Crippen molar-refractivity contribution in [1.82, 2.24) is 0 Å². The van der Waals surface area contributed by atoms with E-state index < -0.39 is 0 Å². The third kappa shape index (κ3) is 3.34. The second-order valence-corrected chi connectivity index (χ2v) is 4.50. The van der Waals surface area contributed by atoms with Crippen molar-refractivity contribution in [3.05, 3.63) is 65.2 Å². The van der Waals surface area contributed by atoms with Crippen LogP contribution in [0.15, 0.2) is 48.5 Å². The molecule has 0 saturated carbocycles. The molecular weight excluding hydrogens is 238 g/mol. The number of aliphatic hydroxyl groups is 1. The van der Waals surface area contributed by atoms with E-state index in [1.807, 2.05) is 42.5 Å². The molecule has 19 heavy (non-hydrogen) atoms. The van der Waals surface area contributed by atoms with Crippen molar-refractivity contribution in [3.63, 3.8) is 0 Å². The van der Waals surface area contributed by atoms with Crippen LogP contribution in [0, 0.1) is 6.92 Å². The van der Waals surface area contributed by atoms with E-state index in [1.165, 1.54) is 5.56 Å². The minimum absolute atomic E-state index is 0.0401. The third-order valence-electron chi connectivity index (χ3n) is 3.13. The first-order valence-electron chi connectivity index (χ1n) is 6.36. The number of rotatable bonds is 5. The lowest BCUT2D eigenvalue weighted by Gasteiger charge is -2.19. The Morgan fingerprint density at radius 3 is 2.37 bits per heavy atom. The van der Waals surface area contributed by atoms with E-state index in [1.54, 1.807) is 0 Å². The van der Waals surface area contributed by atoms with Gasteiger partial charge in [-0.25, -0.2) is 0 Å². The highest BCUT2D eigenvalue weighted by Crippen LogP contribution is 2.23. The number of aliphatic hydroxyl groups excluding tert-OH is 1. The first-order valence-corrected chi connectivity index (χ1v) is 6.36. The largest absolute Gasteiger partial charge is 0.484 e. The van der Waals surface area contributed by atoms with E-state index in [4.69, 9.17) is 15.6 Å². The first kappa shape index (κ1) is 13.6. The van der Waals surface area contributed by atoms with Crippen LogP contribution in [0.1, 0.15) is 22.8 Å². The molecule has 0 spiro atoms. The van der Waals surface area contributed by atoms with Gasteiger partial charge in [0.2, 0.25) is 0 Å². The summed E-state index contributed by atoms with van der Waals surface area (Å²) in [7, 11) is 0. The number of hydrogen-bond acceptors (Lipinski definition) is 3. The zero-order chi connectivity index (χ0) is 13.7. The number of aryl methyl sites for hydroxylation is 1. The molecular formula is C16H19NO2. The summed E-state index contributed by atoms with van der Waals surface area (Å²) >= 11 is 0. The van der Waals surface area contributed by atoms with Gasteiger partial charge in [-0.3, -0.25) is 0 Å². The summed E-state index contributed by atoms with van der Waals surface area (Å²) in [5.74, 6) is 0.760. The summed E-state index contributed by atoms with van der Waals surface area (Å²) in [6.45, 7) is 2.52. The highest BCUT2D eigenvalue weighted by Gasteiger charge is 2.13. The Hall–Kier alpha value is -1.84. The Morgan fingerprint density at radius 1 is 1.11 bits per heavy atom. The minimum atomic E-state index is -0.152. The van der Waals surface area contributed by atoms with Crippen LogP contribution < -0.4 is 10.5 Å². The zero-order valence-corrected chi connectivity index (χ0v) is 11.0. The maximum absolute atomic E-state index is 9.01. The molecule has 0 aliphatic heterocycles. The van der Waals surface area contributed by atoms with Gasteiger partial charge in [0, 0.05) is 6.54 Å². The quantitative estimate of drug-likeness (QED) is 0.865. The monoisotopic (exact) mass is 257 g/mol. The molecule has 0 radical (unpaired) electrons. The van der Waals surface area contributed by atoms with Crippen LogP contribution >= 0.6 is 0 Å². The van der Waals surface area contributed by atoms with Crippen molar-refractivity contribution in [2.45, 2.75) is 19.6 Å². The lowest BCUT2D eigenvalue weighted by atomic mass is 10.0. The molecule has 1 atom stereocenters. The van der Waals surface area contributed by atoms with Gasteiger partial charge in [0.15, 0.2) is 0 Å². The van der Waals surface area contributed by atoms with Gasteiger partial charge in [-0.2, -0.15) is 0 Å².